The molecule has 1 fully saturated rings. The second-order valence-electron chi connectivity index (χ2n) is 3.75. The van der Waals surface area contributed by atoms with Gasteiger partial charge >= 0.3 is 0 Å². The molecule has 0 unspecified atom stereocenters. The molecule has 2 N–H and O–H groups in total. The van der Waals surface area contributed by atoms with Crippen LogP contribution in [-0.2, 0) is 4.79 Å². The van der Waals surface area contributed by atoms with Gasteiger partial charge in [0.15, 0.2) is 0 Å². The first-order valence-corrected chi connectivity index (χ1v) is 5.30. The number of carbonyl (C=O) groups excluding carboxylic acids is 1. The summed E-state index contributed by atoms with van der Waals surface area (Å²) in [6.45, 7) is 3.78. The monoisotopic (exact) mass is 184 g/mol. The van der Waals surface area contributed by atoms with Crippen molar-refractivity contribution in [3.63, 3.8) is 0 Å². The van der Waals surface area contributed by atoms with E-state index in [2.05, 4.69) is 0 Å². The van der Waals surface area contributed by atoms with Crippen LogP contribution in [-0.4, -0.2) is 29.9 Å². The first-order chi connectivity index (χ1) is 6.25. The van der Waals surface area contributed by atoms with Crippen LogP contribution in [0.25, 0.3) is 0 Å². The standard InChI is InChI=1S/C10H20N2O/c1-2-9(11)10(13)12-7-5-3-4-6-8-12/h9H,2-8,11H2,1H3/t9-/m0/s1. The van der Waals surface area contributed by atoms with E-state index in [0.29, 0.717) is 0 Å². The topological polar surface area (TPSA) is 46.3 Å². The average Bonchev–Trinajstić information content (AvgIpc) is 2.43. The molecule has 13 heavy (non-hydrogen) atoms. The smallest absolute Gasteiger partial charge is 0.239 e. The number of rotatable bonds is 2. The molecule has 0 aromatic rings. The van der Waals surface area contributed by atoms with Gasteiger partial charge in [0, 0.05) is 13.1 Å². The van der Waals surface area contributed by atoms with Crippen LogP contribution in [0.15, 0.2) is 0 Å². The second kappa shape index (κ2) is 5.22. The van der Waals surface area contributed by atoms with Gasteiger partial charge in [0.05, 0.1) is 6.04 Å². The van der Waals surface area contributed by atoms with Crippen molar-refractivity contribution in [3.05, 3.63) is 0 Å². The summed E-state index contributed by atoms with van der Waals surface area (Å²) in [7, 11) is 0. The predicted molar refractivity (Wildman–Crippen MR) is 53.3 cm³/mol. The van der Waals surface area contributed by atoms with Crippen molar-refractivity contribution in [1.82, 2.24) is 4.90 Å². The Morgan fingerprint density at radius 3 is 2.31 bits per heavy atom. The normalized spacial score (nSPS) is 20.9. The van der Waals surface area contributed by atoms with Crippen LogP contribution in [0.5, 0.6) is 0 Å². The Bertz CT molecular complexity index is 162. The van der Waals surface area contributed by atoms with Gasteiger partial charge in [-0.3, -0.25) is 4.79 Å². The van der Waals surface area contributed by atoms with E-state index >= 15 is 0 Å². The van der Waals surface area contributed by atoms with Gasteiger partial charge in [0.1, 0.15) is 0 Å². The molecule has 1 amide bonds. The molecule has 0 bridgehead atoms. The van der Waals surface area contributed by atoms with Crippen LogP contribution in [0, 0.1) is 0 Å². The SMILES string of the molecule is CC[C@H](N)C(=O)N1CCCCCC1. The van der Waals surface area contributed by atoms with Gasteiger partial charge < -0.3 is 10.6 Å². The summed E-state index contributed by atoms with van der Waals surface area (Å²) in [4.78, 5) is 13.6. The first-order valence-electron chi connectivity index (χ1n) is 5.30. The largest absolute Gasteiger partial charge is 0.341 e. The van der Waals surface area contributed by atoms with E-state index in [1.807, 2.05) is 11.8 Å². The van der Waals surface area contributed by atoms with Crippen molar-refractivity contribution in [3.8, 4) is 0 Å². The number of likely N-dealkylation sites (tertiary alicyclic amines) is 1. The summed E-state index contributed by atoms with van der Waals surface area (Å²) in [6, 6.07) is -0.280. The van der Waals surface area contributed by atoms with Gasteiger partial charge in [-0.2, -0.15) is 0 Å². The summed E-state index contributed by atoms with van der Waals surface area (Å²) in [5.41, 5.74) is 5.71. The van der Waals surface area contributed by atoms with Crippen LogP contribution in [0.4, 0.5) is 0 Å². The molecule has 3 heteroatoms. The highest BCUT2D eigenvalue weighted by Gasteiger charge is 2.19. The third-order valence-corrected chi connectivity index (χ3v) is 2.67. The lowest BCUT2D eigenvalue weighted by Crippen LogP contribution is -2.43. The van der Waals surface area contributed by atoms with Gasteiger partial charge in [0.25, 0.3) is 0 Å². The van der Waals surface area contributed by atoms with Crippen molar-refractivity contribution < 1.29 is 4.79 Å². The number of amides is 1. The fourth-order valence-corrected chi connectivity index (χ4v) is 1.70. The maximum Gasteiger partial charge on any atom is 0.239 e. The minimum atomic E-state index is -0.280. The molecule has 0 spiro atoms. The van der Waals surface area contributed by atoms with Crippen LogP contribution < -0.4 is 5.73 Å². The lowest BCUT2D eigenvalue weighted by atomic mass is 10.2. The Morgan fingerprint density at radius 2 is 1.85 bits per heavy atom. The Kier molecular flexibility index (Phi) is 4.22. The van der Waals surface area contributed by atoms with Crippen molar-refractivity contribution >= 4 is 5.91 Å². The fourth-order valence-electron chi connectivity index (χ4n) is 1.70. The molecule has 0 saturated carbocycles. The molecule has 0 aliphatic carbocycles. The summed E-state index contributed by atoms with van der Waals surface area (Å²) < 4.78 is 0. The molecule has 0 aromatic heterocycles. The molecular formula is C10H20N2O. The Labute approximate surface area is 80.3 Å². The van der Waals surface area contributed by atoms with Gasteiger partial charge in [-0.25, -0.2) is 0 Å². The number of carbonyl (C=O) groups is 1. The average molecular weight is 184 g/mol. The Balaban J connectivity index is 2.43. The van der Waals surface area contributed by atoms with E-state index in [1.54, 1.807) is 0 Å². The number of nitrogens with two attached hydrogens (primary N) is 1. The number of hydrogen-bond acceptors (Lipinski definition) is 2. The van der Waals surface area contributed by atoms with Crippen molar-refractivity contribution in [2.45, 2.75) is 45.1 Å². The van der Waals surface area contributed by atoms with E-state index in [-0.39, 0.29) is 11.9 Å². The Hall–Kier alpha value is -0.570. The first kappa shape index (κ1) is 10.5. The third-order valence-electron chi connectivity index (χ3n) is 2.67. The zero-order valence-electron chi connectivity index (χ0n) is 8.46. The quantitative estimate of drug-likeness (QED) is 0.699. The summed E-state index contributed by atoms with van der Waals surface area (Å²) in [6.07, 6.45) is 5.54. The highest BCUT2D eigenvalue weighted by molar-refractivity contribution is 5.81. The van der Waals surface area contributed by atoms with Crippen LogP contribution in [0.2, 0.25) is 0 Å². The minimum absolute atomic E-state index is 0.143. The molecule has 0 radical (unpaired) electrons. The van der Waals surface area contributed by atoms with E-state index in [4.69, 9.17) is 5.73 Å². The molecule has 3 nitrogen and oxygen atoms in total. The van der Waals surface area contributed by atoms with Gasteiger partial charge in [-0.1, -0.05) is 19.8 Å². The molecule has 1 rings (SSSR count). The van der Waals surface area contributed by atoms with Gasteiger partial charge in [-0.15, -0.1) is 0 Å². The minimum Gasteiger partial charge on any atom is -0.341 e. The molecule has 1 heterocycles. The number of hydrogen-bond donors (Lipinski definition) is 1. The van der Waals surface area contributed by atoms with E-state index in [1.165, 1.54) is 12.8 Å². The second-order valence-corrected chi connectivity index (χ2v) is 3.75. The third kappa shape index (κ3) is 2.99. The lowest BCUT2D eigenvalue weighted by Gasteiger charge is -2.23. The maximum absolute atomic E-state index is 11.7. The lowest BCUT2D eigenvalue weighted by molar-refractivity contribution is -0.132. The van der Waals surface area contributed by atoms with Gasteiger partial charge in [-0.05, 0) is 19.3 Å². The molecule has 1 saturated heterocycles. The zero-order valence-corrected chi connectivity index (χ0v) is 8.46. The van der Waals surface area contributed by atoms with Crippen molar-refractivity contribution in [2.75, 3.05) is 13.1 Å². The summed E-state index contributed by atoms with van der Waals surface area (Å²) in [5.74, 6) is 0.143. The van der Waals surface area contributed by atoms with Crippen LogP contribution in [0.1, 0.15) is 39.0 Å². The van der Waals surface area contributed by atoms with Crippen molar-refractivity contribution in [1.29, 1.82) is 0 Å². The summed E-state index contributed by atoms with van der Waals surface area (Å²) in [5, 5.41) is 0. The zero-order chi connectivity index (χ0) is 9.68. The summed E-state index contributed by atoms with van der Waals surface area (Å²) >= 11 is 0. The Morgan fingerprint density at radius 1 is 1.31 bits per heavy atom. The van der Waals surface area contributed by atoms with Crippen LogP contribution in [0.3, 0.4) is 0 Å². The molecule has 1 atom stereocenters. The van der Waals surface area contributed by atoms with E-state index in [0.717, 1.165) is 32.4 Å². The molecule has 76 valence electrons. The highest BCUT2D eigenvalue weighted by Crippen LogP contribution is 2.10. The van der Waals surface area contributed by atoms with E-state index < -0.39 is 0 Å². The fraction of sp³-hybridized carbons (Fsp3) is 0.900. The van der Waals surface area contributed by atoms with E-state index in [9.17, 15) is 4.79 Å². The highest BCUT2D eigenvalue weighted by atomic mass is 16.2. The molecule has 1 aliphatic rings. The molecule has 1 aliphatic heterocycles. The molecule has 0 aromatic carbocycles. The maximum atomic E-state index is 11.7. The number of nitrogens with zero attached hydrogens (tertiary/aromatic N) is 1. The molecular weight excluding hydrogens is 164 g/mol. The van der Waals surface area contributed by atoms with Gasteiger partial charge in [0.2, 0.25) is 5.91 Å². The van der Waals surface area contributed by atoms with Crippen molar-refractivity contribution in [2.24, 2.45) is 5.73 Å². The predicted octanol–water partition coefficient (Wildman–Crippen LogP) is 1.13. The van der Waals surface area contributed by atoms with Crippen LogP contribution >= 0.6 is 0 Å².